The van der Waals surface area contributed by atoms with E-state index in [9.17, 15) is 4.79 Å². The van der Waals surface area contributed by atoms with Crippen molar-refractivity contribution >= 4 is 18.1 Å². The molecule has 0 amide bonds. The third kappa shape index (κ3) is 1.70. The van der Waals surface area contributed by atoms with Crippen molar-refractivity contribution in [2.75, 3.05) is 0 Å². The van der Waals surface area contributed by atoms with Crippen molar-refractivity contribution in [1.82, 2.24) is 0 Å². The summed E-state index contributed by atoms with van der Waals surface area (Å²) in [4.78, 5) is 10.3. The third-order valence-electron chi connectivity index (χ3n) is 2.32. The van der Waals surface area contributed by atoms with Crippen molar-refractivity contribution in [2.24, 2.45) is 0 Å². The molecule has 0 radical (unpaired) electrons. The highest BCUT2D eigenvalue weighted by molar-refractivity contribution is 6.33. The Balaban J connectivity index is 2.49. The van der Waals surface area contributed by atoms with Crippen molar-refractivity contribution < 1.29 is 13.9 Å². The van der Waals surface area contributed by atoms with E-state index in [0.717, 1.165) is 16.7 Å². The van der Waals surface area contributed by atoms with Crippen molar-refractivity contribution in [1.29, 1.82) is 0 Å². The largest absolute Gasteiger partial charge is 0.470 e. The zero-order valence-corrected chi connectivity index (χ0v) is 8.82. The first-order chi connectivity index (χ1) is 7.24. The second kappa shape index (κ2) is 3.95. The van der Waals surface area contributed by atoms with Crippen molar-refractivity contribution in [3.8, 4) is 11.1 Å². The molecule has 15 heavy (non-hydrogen) atoms. The molecule has 1 aliphatic carbocycles. The molecule has 0 N–H and O–H groups in total. The van der Waals surface area contributed by atoms with E-state index >= 15 is 0 Å². The van der Waals surface area contributed by atoms with Crippen molar-refractivity contribution in [3.05, 3.63) is 35.2 Å². The third-order valence-corrected chi connectivity index (χ3v) is 2.60. The Bertz CT molecular complexity index is 449. The van der Waals surface area contributed by atoms with Gasteiger partial charge in [-0.1, -0.05) is 23.7 Å². The summed E-state index contributed by atoms with van der Waals surface area (Å²) in [5, 5.41) is 0.522. The first kappa shape index (κ1) is 10.1. The van der Waals surface area contributed by atoms with Crippen LogP contribution in [0, 0.1) is 0 Å². The Hall–Kier alpha value is -1.48. The quantitative estimate of drug-likeness (QED) is 0.752. The molecule has 0 aromatic carbocycles. The lowest BCUT2D eigenvalue weighted by Crippen LogP contribution is -1.98. The van der Waals surface area contributed by atoms with E-state index in [1.807, 2.05) is 12.1 Å². The molecule has 2 aliphatic rings. The molecular weight excluding hydrogens is 216 g/mol. The SMILES string of the molecule is CC(OC=O)c1ccc2cocc(Cl)c1-2. The molecule has 0 aromatic heterocycles. The first-order valence-electron chi connectivity index (χ1n) is 4.47. The van der Waals surface area contributed by atoms with E-state index in [-0.39, 0.29) is 6.10 Å². The van der Waals surface area contributed by atoms with Gasteiger partial charge in [0, 0.05) is 16.7 Å². The van der Waals surface area contributed by atoms with Gasteiger partial charge in [0.25, 0.3) is 6.47 Å². The minimum absolute atomic E-state index is 0.306. The van der Waals surface area contributed by atoms with Gasteiger partial charge in [-0.3, -0.25) is 4.79 Å². The Morgan fingerprint density at radius 2 is 2.27 bits per heavy atom. The predicted molar refractivity (Wildman–Crippen MR) is 55.9 cm³/mol. The van der Waals surface area contributed by atoms with Crippen LogP contribution in [0.25, 0.3) is 11.1 Å². The lowest BCUT2D eigenvalue weighted by molar-refractivity contribution is -0.133. The van der Waals surface area contributed by atoms with E-state index in [2.05, 4.69) is 0 Å². The second-order valence-corrected chi connectivity index (χ2v) is 3.62. The van der Waals surface area contributed by atoms with Crippen LogP contribution in [-0.4, -0.2) is 6.47 Å². The van der Waals surface area contributed by atoms with Crippen LogP contribution < -0.4 is 0 Å². The van der Waals surface area contributed by atoms with Crippen LogP contribution in [-0.2, 0) is 9.53 Å². The summed E-state index contributed by atoms with van der Waals surface area (Å²) in [6.45, 7) is 2.23. The number of hydrogen-bond donors (Lipinski definition) is 0. The molecule has 1 unspecified atom stereocenters. The summed E-state index contributed by atoms with van der Waals surface area (Å²) in [6.07, 6.45) is 2.76. The molecule has 1 heterocycles. The molecule has 1 aliphatic heterocycles. The summed E-state index contributed by atoms with van der Waals surface area (Å²) >= 11 is 6.01. The van der Waals surface area contributed by atoms with Crippen LogP contribution in [0.15, 0.2) is 29.1 Å². The van der Waals surface area contributed by atoms with E-state index in [0.29, 0.717) is 11.5 Å². The van der Waals surface area contributed by atoms with Gasteiger partial charge in [0.15, 0.2) is 0 Å². The van der Waals surface area contributed by atoms with Gasteiger partial charge in [-0.2, -0.15) is 0 Å². The summed E-state index contributed by atoms with van der Waals surface area (Å²) in [6, 6.07) is 3.75. The van der Waals surface area contributed by atoms with Crippen LogP contribution in [0.4, 0.5) is 0 Å². The topological polar surface area (TPSA) is 39.4 Å². The number of ether oxygens (including phenoxy) is 1. The summed E-state index contributed by atoms with van der Waals surface area (Å²) in [5.41, 5.74) is 2.66. The summed E-state index contributed by atoms with van der Waals surface area (Å²) in [7, 11) is 0. The molecular formula is C11H9ClO3. The maximum atomic E-state index is 10.3. The average molecular weight is 225 g/mol. The van der Waals surface area contributed by atoms with Crippen molar-refractivity contribution in [3.63, 3.8) is 0 Å². The minimum Gasteiger partial charge on any atom is -0.470 e. The van der Waals surface area contributed by atoms with Gasteiger partial charge < -0.3 is 9.15 Å². The lowest BCUT2D eigenvalue weighted by atomic mass is 10.1. The fourth-order valence-corrected chi connectivity index (χ4v) is 1.88. The van der Waals surface area contributed by atoms with Crippen LogP contribution in [0.2, 0.25) is 5.02 Å². The zero-order valence-electron chi connectivity index (χ0n) is 8.07. The van der Waals surface area contributed by atoms with Gasteiger partial charge in [-0.05, 0) is 6.92 Å². The van der Waals surface area contributed by atoms with Gasteiger partial charge in [0.2, 0.25) is 0 Å². The Morgan fingerprint density at radius 1 is 1.47 bits per heavy atom. The molecule has 0 fully saturated rings. The fourth-order valence-electron chi connectivity index (χ4n) is 1.61. The number of fused-ring (bicyclic) bond motifs is 1. The maximum absolute atomic E-state index is 10.3. The van der Waals surface area contributed by atoms with E-state index < -0.39 is 0 Å². The lowest BCUT2D eigenvalue weighted by Gasteiger charge is -2.11. The second-order valence-electron chi connectivity index (χ2n) is 3.21. The summed E-state index contributed by atoms with van der Waals surface area (Å²) < 4.78 is 9.91. The zero-order chi connectivity index (χ0) is 10.8. The molecule has 2 rings (SSSR count). The van der Waals surface area contributed by atoms with Gasteiger partial charge in [0.1, 0.15) is 12.4 Å². The fraction of sp³-hybridized carbons (Fsp3) is 0.182. The molecule has 0 saturated heterocycles. The Labute approximate surface area is 91.9 Å². The molecule has 0 aromatic rings. The molecule has 3 nitrogen and oxygen atoms in total. The average Bonchev–Trinajstić information content (AvgIpc) is 2.63. The molecule has 1 atom stereocenters. The highest BCUT2D eigenvalue weighted by Gasteiger charge is 2.19. The monoisotopic (exact) mass is 224 g/mol. The molecule has 0 spiro atoms. The highest BCUT2D eigenvalue weighted by atomic mass is 35.5. The van der Waals surface area contributed by atoms with Crippen LogP contribution in [0.3, 0.4) is 0 Å². The Morgan fingerprint density at radius 3 is 3.00 bits per heavy atom. The number of carbonyl (C=O) groups excluding carboxylic acids is 1. The smallest absolute Gasteiger partial charge is 0.293 e. The van der Waals surface area contributed by atoms with Gasteiger partial charge >= 0.3 is 0 Å². The number of carbonyl (C=O) groups is 1. The number of rotatable bonds is 3. The van der Waals surface area contributed by atoms with Crippen LogP contribution >= 0.6 is 11.6 Å². The summed E-state index contributed by atoms with van der Waals surface area (Å²) in [5.74, 6) is 0. The minimum atomic E-state index is -0.306. The molecule has 4 heteroatoms. The number of halogens is 1. The van der Waals surface area contributed by atoms with E-state index in [4.69, 9.17) is 20.8 Å². The standard InChI is InChI=1S/C11H9ClO3/c1-7(15-6-13)9-3-2-8-4-14-5-10(12)11(8)9/h2-7H,1H3. The van der Waals surface area contributed by atoms with Crippen molar-refractivity contribution in [2.45, 2.75) is 13.0 Å². The molecule has 0 bridgehead atoms. The first-order valence-corrected chi connectivity index (χ1v) is 4.85. The predicted octanol–water partition coefficient (Wildman–Crippen LogP) is 3.27. The Kier molecular flexibility index (Phi) is 2.64. The number of hydrogen-bond acceptors (Lipinski definition) is 3. The van der Waals surface area contributed by atoms with E-state index in [1.54, 1.807) is 13.2 Å². The molecule has 0 saturated carbocycles. The van der Waals surface area contributed by atoms with Gasteiger partial charge in [-0.25, -0.2) is 0 Å². The van der Waals surface area contributed by atoms with Crippen LogP contribution in [0.1, 0.15) is 18.6 Å². The van der Waals surface area contributed by atoms with Gasteiger partial charge in [0.05, 0.1) is 11.3 Å². The van der Waals surface area contributed by atoms with Gasteiger partial charge in [-0.15, -0.1) is 0 Å². The van der Waals surface area contributed by atoms with E-state index in [1.165, 1.54) is 6.26 Å². The molecule has 78 valence electrons. The highest BCUT2D eigenvalue weighted by Crippen LogP contribution is 2.38. The normalized spacial score (nSPS) is 12.7. The maximum Gasteiger partial charge on any atom is 0.293 e. The van der Waals surface area contributed by atoms with Crippen LogP contribution in [0.5, 0.6) is 0 Å².